The number of aromatic nitrogens is 2. The van der Waals surface area contributed by atoms with Crippen LogP contribution in [0, 0.1) is 0 Å². The number of sulfonamides is 1. The molecule has 1 N–H and O–H groups in total. The van der Waals surface area contributed by atoms with Crippen molar-refractivity contribution in [3.05, 3.63) is 72.4 Å². The maximum Gasteiger partial charge on any atom is 0.217 e. The monoisotopic (exact) mass is 369 g/mol. The van der Waals surface area contributed by atoms with Crippen LogP contribution in [0.25, 0.3) is 22.3 Å². The summed E-state index contributed by atoms with van der Waals surface area (Å²) in [7, 11) is -3.58. The van der Waals surface area contributed by atoms with Crippen LogP contribution in [0.15, 0.2) is 70.1 Å². The lowest BCUT2D eigenvalue weighted by atomic mass is 10.2. The van der Waals surface area contributed by atoms with E-state index in [-0.39, 0.29) is 12.3 Å². The average Bonchev–Trinajstić information content (AvgIpc) is 3.31. The van der Waals surface area contributed by atoms with Gasteiger partial charge in [0, 0.05) is 29.9 Å². The fourth-order valence-corrected chi connectivity index (χ4v) is 3.69. The van der Waals surface area contributed by atoms with Crippen molar-refractivity contribution in [2.45, 2.75) is 12.3 Å². The molecule has 0 radical (unpaired) electrons. The van der Waals surface area contributed by atoms with E-state index in [4.69, 9.17) is 8.94 Å². The maximum absolute atomic E-state index is 12.4. The van der Waals surface area contributed by atoms with E-state index in [9.17, 15) is 8.42 Å². The van der Waals surface area contributed by atoms with Crippen molar-refractivity contribution in [2.24, 2.45) is 0 Å². The molecule has 0 amide bonds. The number of nitrogens with zero attached hydrogens (tertiary/aromatic N) is 2. The van der Waals surface area contributed by atoms with Gasteiger partial charge in [0.15, 0.2) is 5.58 Å². The molecule has 0 bridgehead atoms. The van der Waals surface area contributed by atoms with Gasteiger partial charge in [0.05, 0.1) is 6.26 Å². The first-order chi connectivity index (χ1) is 12.6. The Balaban J connectivity index is 1.48. The minimum absolute atomic E-state index is 0.125. The second-order valence-corrected chi connectivity index (χ2v) is 7.57. The van der Waals surface area contributed by atoms with Crippen molar-refractivity contribution >= 4 is 21.0 Å². The van der Waals surface area contributed by atoms with E-state index in [1.54, 1.807) is 36.9 Å². The predicted molar refractivity (Wildman–Crippen MR) is 95.4 cm³/mol. The molecule has 7 nitrogen and oxygen atoms in total. The van der Waals surface area contributed by atoms with Crippen LogP contribution in [0.2, 0.25) is 0 Å². The lowest BCUT2D eigenvalue weighted by Gasteiger charge is -2.06. The van der Waals surface area contributed by atoms with Crippen LogP contribution >= 0.6 is 0 Å². The van der Waals surface area contributed by atoms with Crippen LogP contribution in [-0.2, 0) is 22.3 Å². The zero-order chi connectivity index (χ0) is 18.0. The summed E-state index contributed by atoms with van der Waals surface area (Å²) >= 11 is 0. The normalized spacial score (nSPS) is 11.8. The minimum Gasteiger partial charge on any atom is -0.464 e. The number of furan rings is 1. The van der Waals surface area contributed by atoms with E-state index in [0.717, 1.165) is 11.1 Å². The third-order valence-corrected chi connectivity index (χ3v) is 5.11. The van der Waals surface area contributed by atoms with Crippen LogP contribution in [0.4, 0.5) is 0 Å². The molecule has 0 aliphatic carbocycles. The van der Waals surface area contributed by atoms with Crippen LogP contribution in [0.5, 0.6) is 0 Å². The largest absolute Gasteiger partial charge is 0.464 e. The highest BCUT2D eigenvalue weighted by molar-refractivity contribution is 7.88. The lowest BCUT2D eigenvalue weighted by Crippen LogP contribution is -2.25. The van der Waals surface area contributed by atoms with E-state index >= 15 is 0 Å². The van der Waals surface area contributed by atoms with Crippen molar-refractivity contribution in [3.8, 4) is 11.3 Å². The summed E-state index contributed by atoms with van der Waals surface area (Å²) in [6.45, 7) is 0.125. The van der Waals surface area contributed by atoms with Crippen LogP contribution < -0.4 is 4.72 Å². The second kappa shape index (κ2) is 6.74. The van der Waals surface area contributed by atoms with Crippen LogP contribution in [0.1, 0.15) is 11.3 Å². The molecule has 0 unspecified atom stereocenters. The SMILES string of the molecule is O=S(=O)(Cc1noc2ccccc12)NCc1cncc(-c2ccco2)c1. The zero-order valence-electron chi connectivity index (χ0n) is 13.6. The van der Waals surface area contributed by atoms with Gasteiger partial charge in [-0.25, -0.2) is 13.1 Å². The van der Waals surface area contributed by atoms with E-state index in [1.807, 2.05) is 24.3 Å². The smallest absolute Gasteiger partial charge is 0.217 e. The number of hydrogen-bond acceptors (Lipinski definition) is 6. The van der Waals surface area contributed by atoms with Gasteiger partial charge in [0.2, 0.25) is 10.0 Å². The quantitative estimate of drug-likeness (QED) is 0.561. The first-order valence-electron chi connectivity index (χ1n) is 7.89. The molecule has 3 heterocycles. The van der Waals surface area contributed by atoms with Gasteiger partial charge in [0.25, 0.3) is 0 Å². The van der Waals surface area contributed by atoms with Gasteiger partial charge in [-0.3, -0.25) is 4.98 Å². The van der Waals surface area contributed by atoms with Gasteiger partial charge in [-0.1, -0.05) is 17.3 Å². The summed E-state index contributed by atoms with van der Waals surface area (Å²) in [6.07, 6.45) is 4.85. The van der Waals surface area contributed by atoms with Gasteiger partial charge in [-0.2, -0.15) is 0 Å². The molecule has 8 heteroatoms. The molecule has 0 aliphatic rings. The van der Waals surface area contributed by atoms with Crippen molar-refractivity contribution in [3.63, 3.8) is 0 Å². The molecular weight excluding hydrogens is 354 g/mol. The Hall–Kier alpha value is -2.97. The number of para-hydroxylation sites is 1. The number of pyridine rings is 1. The Kier molecular flexibility index (Phi) is 4.27. The molecule has 0 aliphatic heterocycles. The Labute approximate surface area is 149 Å². The highest BCUT2D eigenvalue weighted by atomic mass is 32.2. The Bertz CT molecular complexity index is 1130. The van der Waals surface area contributed by atoms with Crippen LogP contribution in [-0.4, -0.2) is 18.6 Å². The maximum atomic E-state index is 12.4. The van der Waals surface area contributed by atoms with Gasteiger partial charge >= 0.3 is 0 Å². The molecule has 3 aromatic heterocycles. The Morgan fingerprint density at radius 3 is 2.81 bits per heavy atom. The molecule has 0 fully saturated rings. The lowest BCUT2D eigenvalue weighted by molar-refractivity contribution is 0.448. The Morgan fingerprint density at radius 1 is 1.08 bits per heavy atom. The third-order valence-electron chi connectivity index (χ3n) is 3.88. The summed E-state index contributed by atoms with van der Waals surface area (Å²) in [5.74, 6) is 0.422. The summed E-state index contributed by atoms with van der Waals surface area (Å²) in [5, 5.41) is 4.56. The molecule has 0 saturated carbocycles. The predicted octanol–water partition coefficient (Wildman–Crippen LogP) is 3.10. The van der Waals surface area contributed by atoms with Gasteiger partial charge in [-0.15, -0.1) is 0 Å². The Morgan fingerprint density at radius 2 is 1.96 bits per heavy atom. The van der Waals surface area contributed by atoms with E-state index in [2.05, 4.69) is 14.9 Å². The summed E-state index contributed by atoms with van der Waals surface area (Å²) in [6, 6.07) is 12.6. The number of fused-ring (bicyclic) bond motifs is 1. The van der Waals surface area contributed by atoms with Crippen molar-refractivity contribution in [1.29, 1.82) is 0 Å². The van der Waals surface area contributed by atoms with Gasteiger partial charge in [-0.05, 0) is 35.9 Å². The molecule has 0 atom stereocenters. The van der Waals surface area contributed by atoms with Crippen molar-refractivity contribution in [2.75, 3.05) is 0 Å². The molecule has 0 saturated heterocycles. The number of rotatable bonds is 6. The molecule has 132 valence electrons. The van der Waals surface area contributed by atoms with Crippen LogP contribution in [0.3, 0.4) is 0 Å². The fourth-order valence-electron chi connectivity index (χ4n) is 2.63. The van der Waals surface area contributed by atoms with Crippen molar-refractivity contribution in [1.82, 2.24) is 14.9 Å². The number of nitrogens with one attached hydrogen (secondary N) is 1. The zero-order valence-corrected chi connectivity index (χ0v) is 14.4. The summed E-state index contributed by atoms with van der Waals surface area (Å²) in [5.41, 5.74) is 2.46. The standard InChI is InChI=1S/C18H15N3O4S/c22-26(23,12-16-15-4-1-2-5-18(15)25-21-16)20-10-13-8-14(11-19-9-13)17-6-3-7-24-17/h1-9,11,20H,10,12H2. The van der Waals surface area contributed by atoms with Gasteiger partial charge in [0.1, 0.15) is 17.2 Å². The molecule has 4 rings (SSSR count). The van der Waals surface area contributed by atoms with Crippen molar-refractivity contribution < 1.29 is 17.4 Å². The number of hydrogen-bond donors (Lipinski definition) is 1. The molecule has 4 aromatic rings. The molecule has 0 spiro atoms. The highest BCUT2D eigenvalue weighted by Crippen LogP contribution is 2.21. The summed E-state index contributed by atoms with van der Waals surface area (Å²) < 4.78 is 37.9. The van der Waals surface area contributed by atoms with E-state index in [0.29, 0.717) is 22.4 Å². The molecule has 1 aromatic carbocycles. The highest BCUT2D eigenvalue weighted by Gasteiger charge is 2.17. The van der Waals surface area contributed by atoms with Gasteiger partial charge < -0.3 is 8.94 Å². The summed E-state index contributed by atoms with van der Waals surface area (Å²) in [4.78, 5) is 4.14. The first kappa shape index (κ1) is 16.5. The number of benzene rings is 1. The molecule has 26 heavy (non-hydrogen) atoms. The third kappa shape index (κ3) is 3.51. The van der Waals surface area contributed by atoms with E-state index in [1.165, 1.54) is 0 Å². The molecular formula is C18H15N3O4S. The fraction of sp³-hybridized carbons (Fsp3) is 0.111. The average molecular weight is 369 g/mol. The first-order valence-corrected chi connectivity index (χ1v) is 9.54. The van der Waals surface area contributed by atoms with E-state index < -0.39 is 10.0 Å². The minimum atomic E-state index is -3.58. The second-order valence-electron chi connectivity index (χ2n) is 5.76. The topological polar surface area (TPSA) is 98.2 Å².